The fraction of sp³-hybridized carbons (Fsp3) is 0.391. The van der Waals surface area contributed by atoms with E-state index in [-0.39, 0.29) is 18.5 Å². The molecular formula is C23H29Br2N3O4S. The first-order valence-corrected chi connectivity index (χ1v) is 13.9. The lowest BCUT2D eigenvalue weighted by Gasteiger charge is -2.32. The predicted molar refractivity (Wildman–Crippen MR) is 138 cm³/mol. The number of anilines is 1. The molecule has 2 aromatic carbocycles. The molecule has 0 heterocycles. The molecule has 0 aliphatic heterocycles. The summed E-state index contributed by atoms with van der Waals surface area (Å²) in [6.07, 6.45) is 1.80. The molecule has 0 saturated carbocycles. The molecule has 1 N–H and O–H groups in total. The van der Waals surface area contributed by atoms with E-state index in [1.807, 2.05) is 38.1 Å². The number of sulfonamides is 1. The van der Waals surface area contributed by atoms with Crippen LogP contribution >= 0.6 is 31.9 Å². The number of nitrogens with zero attached hydrogens (tertiary/aromatic N) is 2. The van der Waals surface area contributed by atoms with E-state index in [4.69, 9.17) is 0 Å². The van der Waals surface area contributed by atoms with Gasteiger partial charge in [-0.15, -0.1) is 0 Å². The Morgan fingerprint density at radius 1 is 1.06 bits per heavy atom. The van der Waals surface area contributed by atoms with Gasteiger partial charge in [-0.3, -0.25) is 13.9 Å². The van der Waals surface area contributed by atoms with E-state index >= 15 is 0 Å². The van der Waals surface area contributed by atoms with E-state index in [1.54, 1.807) is 31.2 Å². The summed E-state index contributed by atoms with van der Waals surface area (Å²) in [5.74, 6) is -0.776. The first-order chi connectivity index (χ1) is 15.4. The molecule has 7 nitrogen and oxygen atoms in total. The molecule has 2 rings (SSSR count). The number of nitrogens with one attached hydrogen (secondary N) is 1. The fourth-order valence-electron chi connectivity index (χ4n) is 3.13. The second-order valence-corrected chi connectivity index (χ2v) is 11.5. The third-order valence-corrected chi connectivity index (χ3v) is 7.50. The zero-order valence-electron chi connectivity index (χ0n) is 19.1. The van der Waals surface area contributed by atoms with Gasteiger partial charge in [0.1, 0.15) is 12.6 Å². The van der Waals surface area contributed by atoms with Crippen molar-refractivity contribution in [2.24, 2.45) is 0 Å². The van der Waals surface area contributed by atoms with Gasteiger partial charge in [0.25, 0.3) is 0 Å². The maximum atomic E-state index is 13.5. The number of halogens is 2. The summed E-state index contributed by atoms with van der Waals surface area (Å²) in [4.78, 5) is 27.8. The highest BCUT2D eigenvalue weighted by molar-refractivity contribution is 9.10. The number of hydrogen-bond donors (Lipinski definition) is 1. The first-order valence-electron chi connectivity index (χ1n) is 10.5. The second kappa shape index (κ2) is 12.0. The highest BCUT2D eigenvalue weighted by Gasteiger charge is 2.31. The molecule has 2 amide bonds. The van der Waals surface area contributed by atoms with Crippen molar-refractivity contribution in [3.05, 3.63) is 63.0 Å². The monoisotopic (exact) mass is 601 g/mol. The Morgan fingerprint density at radius 2 is 1.73 bits per heavy atom. The molecule has 0 saturated heterocycles. The van der Waals surface area contributed by atoms with Crippen LogP contribution in [0.15, 0.2) is 57.5 Å². The van der Waals surface area contributed by atoms with Crippen molar-refractivity contribution in [2.75, 3.05) is 17.1 Å². The van der Waals surface area contributed by atoms with E-state index in [0.29, 0.717) is 10.2 Å². The molecule has 0 fully saturated rings. The summed E-state index contributed by atoms with van der Waals surface area (Å²) in [6.45, 7) is 5.22. The Hall–Kier alpha value is -1.91. The summed E-state index contributed by atoms with van der Waals surface area (Å²) in [5.41, 5.74) is 1.17. The number of hydrogen-bond acceptors (Lipinski definition) is 4. The van der Waals surface area contributed by atoms with Crippen LogP contribution in [0.3, 0.4) is 0 Å². The predicted octanol–water partition coefficient (Wildman–Crippen LogP) is 4.31. The SMILES string of the molecule is CC[C@H](C)NC(=O)[C@@H](C)N(Cc1cccc(Br)c1)C(=O)CN(c1ccccc1Br)S(C)(=O)=O. The lowest BCUT2D eigenvalue weighted by molar-refractivity contribution is -0.139. The molecule has 2 aromatic rings. The lowest BCUT2D eigenvalue weighted by atomic mass is 10.1. The van der Waals surface area contributed by atoms with Crippen molar-refractivity contribution < 1.29 is 18.0 Å². The number of rotatable bonds is 10. The lowest BCUT2D eigenvalue weighted by Crippen LogP contribution is -2.52. The molecule has 0 unspecified atom stereocenters. The second-order valence-electron chi connectivity index (χ2n) is 7.87. The first kappa shape index (κ1) is 27.3. The third-order valence-electron chi connectivity index (χ3n) is 5.21. The summed E-state index contributed by atoms with van der Waals surface area (Å²) in [6, 6.07) is 13.4. The largest absolute Gasteiger partial charge is 0.352 e. The normalized spacial score (nSPS) is 13.2. The van der Waals surface area contributed by atoms with Crippen molar-refractivity contribution in [1.82, 2.24) is 10.2 Å². The Bertz CT molecular complexity index is 1090. The van der Waals surface area contributed by atoms with Gasteiger partial charge in [-0.25, -0.2) is 8.42 Å². The van der Waals surface area contributed by atoms with Crippen molar-refractivity contribution >= 4 is 59.4 Å². The van der Waals surface area contributed by atoms with E-state index in [1.165, 1.54) is 4.90 Å². The maximum Gasteiger partial charge on any atom is 0.244 e. The topological polar surface area (TPSA) is 86.8 Å². The van der Waals surface area contributed by atoms with Crippen molar-refractivity contribution in [3.8, 4) is 0 Å². The quantitative estimate of drug-likeness (QED) is 0.439. The third kappa shape index (κ3) is 7.82. The number of para-hydroxylation sites is 1. The summed E-state index contributed by atoms with van der Waals surface area (Å²) < 4.78 is 27.6. The minimum absolute atomic E-state index is 0.0458. The highest BCUT2D eigenvalue weighted by Crippen LogP contribution is 2.28. The van der Waals surface area contributed by atoms with Crippen LogP contribution in [-0.4, -0.2) is 50.0 Å². The number of carbonyl (C=O) groups excluding carboxylic acids is 2. The molecular weight excluding hydrogens is 574 g/mol. The molecule has 0 bridgehead atoms. The Morgan fingerprint density at radius 3 is 2.30 bits per heavy atom. The summed E-state index contributed by atoms with van der Waals surface area (Å²) in [7, 11) is -3.77. The molecule has 0 aliphatic carbocycles. The number of benzene rings is 2. The average Bonchev–Trinajstić information content (AvgIpc) is 2.75. The van der Waals surface area contributed by atoms with Crippen LogP contribution in [-0.2, 0) is 26.2 Å². The van der Waals surface area contributed by atoms with Gasteiger partial charge in [0.15, 0.2) is 0 Å². The van der Waals surface area contributed by atoms with Gasteiger partial charge in [0, 0.05) is 21.5 Å². The number of amides is 2. The van der Waals surface area contributed by atoms with Gasteiger partial charge >= 0.3 is 0 Å². The van der Waals surface area contributed by atoms with Crippen molar-refractivity contribution in [2.45, 2.75) is 45.8 Å². The van der Waals surface area contributed by atoms with Crippen molar-refractivity contribution in [1.29, 1.82) is 0 Å². The van der Waals surface area contributed by atoms with Gasteiger partial charge in [0.2, 0.25) is 21.8 Å². The van der Waals surface area contributed by atoms with Crippen molar-refractivity contribution in [3.63, 3.8) is 0 Å². The van der Waals surface area contributed by atoms with Crippen LogP contribution in [0.1, 0.15) is 32.8 Å². The van der Waals surface area contributed by atoms with Gasteiger partial charge in [0.05, 0.1) is 11.9 Å². The van der Waals surface area contributed by atoms with Crippen LogP contribution in [0, 0.1) is 0 Å². The van der Waals surface area contributed by atoms with Crippen LogP contribution in [0.2, 0.25) is 0 Å². The standard InChI is InChI=1S/C23H29Br2N3O4S/c1-5-16(2)26-23(30)17(3)27(14-18-9-8-10-19(24)13-18)22(29)15-28(33(4,31)32)21-12-7-6-11-20(21)25/h6-13,16-17H,5,14-15H2,1-4H3,(H,26,30)/t16-,17+/m0/s1. The average molecular weight is 603 g/mol. The molecule has 0 aliphatic rings. The van der Waals surface area contributed by atoms with Gasteiger partial charge in [-0.1, -0.05) is 47.1 Å². The molecule has 10 heteroatoms. The highest BCUT2D eigenvalue weighted by atomic mass is 79.9. The van der Waals surface area contributed by atoms with Crippen LogP contribution in [0.25, 0.3) is 0 Å². The molecule has 0 aromatic heterocycles. The van der Waals surface area contributed by atoms with Gasteiger partial charge in [-0.2, -0.15) is 0 Å². The fourth-order valence-corrected chi connectivity index (χ4v) is 5.05. The Balaban J connectivity index is 2.40. The van der Waals surface area contributed by atoms with Gasteiger partial charge in [-0.05, 0) is 66.0 Å². The van der Waals surface area contributed by atoms with Crippen LogP contribution in [0.5, 0.6) is 0 Å². The zero-order valence-corrected chi connectivity index (χ0v) is 23.1. The minimum Gasteiger partial charge on any atom is -0.352 e. The van der Waals surface area contributed by atoms with Crippen LogP contribution in [0.4, 0.5) is 5.69 Å². The van der Waals surface area contributed by atoms with E-state index in [9.17, 15) is 18.0 Å². The Kier molecular flexibility index (Phi) is 9.93. The summed E-state index contributed by atoms with van der Waals surface area (Å²) >= 11 is 6.79. The van der Waals surface area contributed by atoms with E-state index < -0.39 is 28.5 Å². The summed E-state index contributed by atoms with van der Waals surface area (Å²) in [5, 5.41) is 2.90. The minimum atomic E-state index is -3.77. The Labute approximate surface area is 212 Å². The number of carbonyl (C=O) groups is 2. The molecule has 0 spiro atoms. The molecule has 2 atom stereocenters. The van der Waals surface area contributed by atoms with E-state index in [2.05, 4.69) is 37.2 Å². The van der Waals surface area contributed by atoms with Crippen LogP contribution < -0.4 is 9.62 Å². The van der Waals surface area contributed by atoms with Gasteiger partial charge < -0.3 is 10.2 Å². The van der Waals surface area contributed by atoms with E-state index in [0.717, 1.165) is 27.0 Å². The smallest absolute Gasteiger partial charge is 0.244 e. The molecule has 0 radical (unpaired) electrons. The molecule has 180 valence electrons. The molecule has 33 heavy (non-hydrogen) atoms. The zero-order chi connectivity index (χ0) is 24.8. The maximum absolute atomic E-state index is 13.5.